The van der Waals surface area contributed by atoms with Crippen molar-refractivity contribution in [3.63, 3.8) is 0 Å². The van der Waals surface area contributed by atoms with Gasteiger partial charge in [-0.25, -0.2) is 0 Å². The average molecular weight is 196 g/mol. The van der Waals surface area contributed by atoms with Gasteiger partial charge in [0, 0.05) is 12.5 Å². The fourth-order valence-corrected chi connectivity index (χ4v) is 1.42. The quantitative estimate of drug-likeness (QED) is 0.647. The van der Waals surface area contributed by atoms with Gasteiger partial charge in [0.05, 0.1) is 6.26 Å². The van der Waals surface area contributed by atoms with Gasteiger partial charge in [0.1, 0.15) is 5.76 Å². The third kappa shape index (κ3) is 4.44. The molecule has 3 nitrogen and oxygen atoms in total. The molecular weight excluding hydrogens is 176 g/mol. The lowest BCUT2D eigenvalue weighted by Gasteiger charge is -2.11. The number of hydrogen-bond donors (Lipinski definition) is 2. The average Bonchev–Trinajstić information content (AvgIpc) is 2.65. The summed E-state index contributed by atoms with van der Waals surface area (Å²) in [6, 6.07) is 4.44. The van der Waals surface area contributed by atoms with Crippen molar-refractivity contribution < 1.29 is 4.42 Å². The number of nitrogens with one attached hydrogen (secondary N) is 2. The Morgan fingerprint density at radius 1 is 1.43 bits per heavy atom. The summed E-state index contributed by atoms with van der Waals surface area (Å²) in [7, 11) is 1.98. The lowest BCUT2D eigenvalue weighted by molar-refractivity contribution is 0.454. The molecular formula is C11H20N2O. The van der Waals surface area contributed by atoms with E-state index in [1.807, 2.05) is 19.2 Å². The van der Waals surface area contributed by atoms with Gasteiger partial charge in [-0.2, -0.15) is 0 Å². The van der Waals surface area contributed by atoms with Crippen molar-refractivity contribution >= 4 is 0 Å². The minimum Gasteiger partial charge on any atom is -0.469 e. The Kier molecular flexibility index (Phi) is 5.33. The molecule has 0 fully saturated rings. The zero-order valence-corrected chi connectivity index (χ0v) is 9.05. The minimum atomic E-state index is 0.484. The number of furan rings is 1. The highest BCUT2D eigenvalue weighted by Gasteiger charge is 2.03. The van der Waals surface area contributed by atoms with E-state index in [1.165, 1.54) is 6.42 Å². The summed E-state index contributed by atoms with van der Waals surface area (Å²) >= 11 is 0. The normalized spacial score (nSPS) is 13.0. The van der Waals surface area contributed by atoms with E-state index in [4.69, 9.17) is 4.42 Å². The maximum absolute atomic E-state index is 5.28. The SMILES string of the molecule is CNCCCNC(C)Cc1ccco1. The second-order valence-electron chi connectivity index (χ2n) is 3.60. The second kappa shape index (κ2) is 6.62. The van der Waals surface area contributed by atoms with Crippen LogP contribution in [0.2, 0.25) is 0 Å². The molecule has 0 spiro atoms. The van der Waals surface area contributed by atoms with E-state index in [9.17, 15) is 0 Å². The predicted molar refractivity (Wildman–Crippen MR) is 58.4 cm³/mol. The molecule has 0 saturated heterocycles. The van der Waals surface area contributed by atoms with E-state index in [-0.39, 0.29) is 0 Å². The van der Waals surface area contributed by atoms with Gasteiger partial charge in [0.25, 0.3) is 0 Å². The summed E-state index contributed by atoms with van der Waals surface area (Å²) in [5.74, 6) is 1.05. The van der Waals surface area contributed by atoms with Crippen molar-refractivity contribution in [3.8, 4) is 0 Å². The molecule has 0 bridgehead atoms. The van der Waals surface area contributed by atoms with E-state index in [0.29, 0.717) is 6.04 Å². The topological polar surface area (TPSA) is 37.2 Å². The van der Waals surface area contributed by atoms with Crippen molar-refractivity contribution in [3.05, 3.63) is 24.2 Å². The van der Waals surface area contributed by atoms with Crippen LogP contribution in [0, 0.1) is 0 Å². The second-order valence-corrected chi connectivity index (χ2v) is 3.60. The third-order valence-corrected chi connectivity index (χ3v) is 2.18. The molecule has 0 aromatic carbocycles. The zero-order valence-electron chi connectivity index (χ0n) is 9.05. The molecule has 1 rings (SSSR count). The van der Waals surface area contributed by atoms with Crippen molar-refractivity contribution in [2.45, 2.75) is 25.8 Å². The van der Waals surface area contributed by atoms with Crippen LogP contribution in [0.3, 0.4) is 0 Å². The molecule has 1 aromatic heterocycles. The van der Waals surface area contributed by atoms with E-state index >= 15 is 0 Å². The molecule has 0 saturated carbocycles. The molecule has 1 unspecified atom stereocenters. The van der Waals surface area contributed by atoms with E-state index < -0.39 is 0 Å². The van der Waals surface area contributed by atoms with Crippen LogP contribution in [0.4, 0.5) is 0 Å². The molecule has 3 heteroatoms. The Hall–Kier alpha value is -0.800. The molecule has 0 aliphatic heterocycles. The van der Waals surface area contributed by atoms with E-state index in [2.05, 4.69) is 17.6 Å². The van der Waals surface area contributed by atoms with E-state index in [1.54, 1.807) is 6.26 Å². The Labute approximate surface area is 85.9 Å². The molecule has 0 amide bonds. The maximum Gasteiger partial charge on any atom is 0.105 e. The van der Waals surface area contributed by atoms with Crippen LogP contribution in [0.1, 0.15) is 19.1 Å². The molecule has 1 heterocycles. The van der Waals surface area contributed by atoms with Crippen LogP contribution in [-0.4, -0.2) is 26.2 Å². The molecule has 0 radical (unpaired) electrons. The van der Waals surface area contributed by atoms with Gasteiger partial charge in [-0.1, -0.05) is 0 Å². The predicted octanol–water partition coefficient (Wildman–Crippen LogP) is 1.41. The molecule has 1 atom stereocenters. The molecule has 80 valence electrons. The van der Waals surface area contributed by atoms with Gasteiger partial charge in [-0.15, -0.1) is 0 Å². The van der Waals surface area contributed by atoms with Gasteiger partial charge < -0.3 is 15.1 Å². The van der Waals surface area contributed by atoms with Crippen LogP contribution in [-0.2, 0) is 6.42 Å². The van der Waals surface area contributed by atoms with Crippen molar-refractivity contribution in [2.24, 2.45) is 0 Å². The van der Waals surface area contributed by atoms with Crippen LogP contribution in [0.15, 0.2) is 22.8 Å². The largest absolute Gasteiger partial charge is 0.469 e. The maximum atomic E-state index is 5.28. The van der Waals surface area contributed by atoms with E-state index in [0.717, 1.165) is 25.3 Å². The van der Waals surface area contributed by atoms with Crippen molar-refractivity contribution in [1.29, 1.82) is 0 Å². The van der Waals surface area contributed by atoms with Gasteiger partial charge in [0.15, 0.2) is 0 Å². The smallest absolute Gasteiger partial charge is 0.105 e. The number of hydrogen-bond acceptors (Lipinski definition) is 3. The first-order valence-electron chi connectivity index (χ1n) is 5.23. The standard InChI is InChI=1S/C11H20N2O/c1-10(13-7-4-6-12-2)9-11-5-3-8-14-11/h3,5,8,10,12-13H,4,6-7,9H2,1-2H3. The summed E-state index contributed by atoms with van der Waals surface area (Å²) in [6.45, 7) is 4.31. The Morgan fingerprint density at radius 2 is 2.29 bits per heavy atom. The lowest BCUT2D eigenvalue weighted by atomic mass is 10.2. The van der Waals surface area contributed by atoms with Crippen LogP contribution >= 0.6 is 0 Å². The third-order valence-electron chi connectivity index (χ3n) is 2.18. The van der Waals surface area contributed by atoms with Crippen molar-refractivity contribution in [2.75, 3.05) is 20.1 Å². The lowest BCUT2D eigenvalue weighted by Crippen LogP contribution is -2.30. The fraction of sp³-hybridized carbons (Fsp3) is 0.636. The molecule has 2 N–H and O–H groups in total. The molecule has 1 aromatic rings. The first-order valence-corrected chi connectivity index (χ1v) is 5.23. The van der Waals surface area contributed by atoms with Crippen LogP contribution in [0.25, 0.3) is 0 Å². The molecule has 0 aliphatic carbocycles. The Bertz CT molecular complexity index is 221. The highest BCUT2D eigenvalue weighted by molar-refractivity contribution is 4.99. The summed E-state index contributed by atoms with van der Waals surface area (Å²) in [6.07, 6.45) is 3.86. The minimum absolute atomic E-state index is 0.484. The zero-order chi connectivity index (χ0) is 10.2. The summed E-state index contributed by atoms with van der Waals surface area (Å²) < 4.78 is 5.28. The van der Waals surface area contributed by atoms with Gasteiger partial charge in [0.2, 0.25) is 0 Å². The summed E-state index contributed by atoms with van der Waals surface area (Å²) in [5, 5.41) is 6.58. The highest BCUT2D eigenvalue weighted by Crippen LogP contribution is 2.03. The monoisotopic (exact) mass is 196 g/mol. The molecule has 14 heavy (non-hydrogen) atoms. The fourth-order valence-electron chi connectivity index (χ4n) is 1.42. The first kappa shape index (κ1) is 11.3. The Morgan fingerprint density at radius 3 is 2.93 bits per heavy atom. The Balaban J connectivity index is 2.07. The van der Waals surface area contributed by atoms with Gasteiger partial charge in [-0.3, -0.25) is 0 Å². The number of rotatable bonds is 7. The molecule has 0 aliphatic rings. The van der Waals surface area contributed by atoms with Crippen LogP contribution < -0.4 is 10.6 Å². The van der Waals surface area contributed by atoms with Crippen molar-refractivity contribution in [1.82, 2.24) is 10.6 Å². The first-order chi connectivity index (χ1) is 6.83. The van der Waals surface area contributed by atoms with Gasteiger partial charge in [-0.05, 0) is 45.6 Å². The highest BCUT2D eigenvalue weighted by atomic mass is 16.3. The summed E-state index contributed by atoms with van der Waals surface area (Å²) in [5.41, 5.74) is 0. The summed E-state index contributed by atoms with van der Waals surface area (Å²) in [4.78, 5) is 0. The van der Waals surface area contributed by atoms with Gasteiger partial charge >= 0.3 is 0 Å². The van der Waals surface area contributed by atoms with Crippen LogP contribution in [0.5, 0.6) is 0 Å².